The Morgan fingerprint density at radius 3 is 2.33 bits per heavy atom. The summed E-state index contributed by atoms with van der Waals surface area (Å²) < 4.78 is 14.7. The van der Waals surface area contributed by atoms with Crippen molar-refractivity contribution in [2.24, 2.45) is 0 Å². The van der Waals surface area contributed by atoms with Gasteiger partial charge in [0.15, 0.2) is 0 Å². The summed E-state index contributed by atoms with van der Waals surface area (Å²) in [7, 11) is 0. The first-order valence-electron chi connectivity index (χ1n) is 7.19. The van der Waals surface area contributed by atoms with E-state index in [1.165, 1.54) is 24.3 Å². The van der Waals surface area contributed by atoms with Crippen molar-refractivity contribution in [2.75, 3.05) is 6.61 Å². The summed E-state index contributed by atoms with van der Waals surface area (Å²) >= 11 is 0. The van der Waals surface area contributed by atoms with Gasteiger partial charge in [-0.3, -0.25) is 14.4 Å². The number of carbonyl (C=O) groups is 4. The predicted octanol–water partition coefficient (Wildman–Crippen LogP) is 1.85. The fourth-order valence-corrected chi connectivity index (χ4v) is 1.58. The van der Waals surface area contributed by atoms with Crippen LogP contribution in [0.25, 0.3) is 0 Å². The maximum absolute atomic E-state index is 11.6. The lowest BCUT2D eigenvalue weighted by Crippen LogP contribution is -2.22. The van der Waals surface area contributed by atoms with Crippen LogP contribution in [0.2, 0.25) is 0 Å². The van der Waals surface area contributed by atoms with Crippen molar-refractivity contribution in [3.8, 4) is 5.75 Å². The second-order valence-electron chi connectivity index (χ2n) is 4.80. The van der Waals surface area contributed by atoms with E-state index in [1.54, 1.807) is 6.92 Å². The molecule has 1 aromatic rings. The molecule has 0 saturated carbocycles. The van der Waals surface area contributed by atoms with Crippen LogP contribution in [0.4, 0.5) is 0 Å². The Morgan fingerprint density at radius 1 is 1.12 bits per heavy atom. The third kappa shape index (κ3) is 7.35. The number of ether oxygens (including phenoxy) is 3. The molecule has 0 spiro atoms. The number of hydrogen-bond donors (Lipinski definition) is 0. The summed E-state index contributed by atoms with van der Waals surface area (Å²) in [5.74, 6) is -1.53. The van der Waals surface area contributed by atoms with Crippen molar-refractivity contribution in [3.63, 3.8) is 0 Å². The molecule has 7 heteroatoms. The van der Waals surface area contributed by atoms with E-state index in [0.717, 1.165) is 6.08 Å². The molecule has 0 bridgehead atoms. The quantitative estimate of drug-likeness (QED) is 0.294. The molecule has 1 atom stereocenters. The minimum absolute atomic E-state index is 0.0931. The van der Waals surface area contributed by atoms with Gasteiger partial charge in [0, 0.05) is 11.6 Å². The number of rotatable bonds is 9. The van der Waals surface area contributed by atoms with Crippen LogP contribution in [0.1, 0.15) is 30.1 Å². The highest BCUT2D eigenvalue weighted by Gasteiger charge is 2.14. The van der Waals surface area contributed by atoms with Crippen LogP contribution in [0.5, 0.6) is 5.75 Å². The van der Waals surface area contributed by atoms with E-state index in [9.17, 15) is 19.2 Å². The van der Waals surface area contributed by atoms with Gasteiger partial charge in [-0.05, 0) is 31.2 Å². The fraction of sp³-hybridized carbons (Fsp3) is 0.294. The highest BCUT2D eigenvalue weighted by atomic mass is 16.6. The van der Waals surface area contributed by atoms with Gasteiger partial charge < -0.3 is 14.2 Å². The number of hydrogen-bond acceptors (Lipinski definition) is 7. The molecule has 0 radical (unpaired) electrons. The van der Waals surface area contributed by atoms with Crippen LogP contribution in [-0.4, -0.2) is 36.9 Å². The molecule has 0 aliphatic carbocycles. The van der Waals surface area contributed by atoms with Gasteiger partial charge in [-0.25, -0.2) is 4.79 Å². The van der Waals surface area contributed by atoms with Gasteiger partial charge >= 0.3 is 17.9 Å². The molecule has 7 nitrogen and oxygen atoms in total. The molecule has 0 saturated heterocycles. The molecule has 0 amide bonds. The molecule has 0 aliphatic rings. The average Bonchev–Trinajstić information content (AvgIpc) is 2.58. The first-order valence-corrected chi connectivity index (χ1v) is 7.19. The lowest BCUT2D eigenvalue weighted by molar-refractivity contribution is -0.156. The molecule has 1 rings (SSSR count). The van der Waals surface area contributed by atoms with E-state index in [0.29, 0.717) is 11.8 Å². The van der Waals surface area contributed by atoms with Crippen LogP contribution in [0.3, 0.4) is 0 Å². The monoisotopic (exact) mass is 334 g/mol. The van der Waals surface area contributed by atoms with Gasteiger partial charge in [0.1, 0.15) is 24.7 Å². The van der Waals surface area contributed by atoms with E-state index in [1.807, 2.05) is 0 Å². The van der Waals surface area contributed by atoms with Gasteiger partial charge in [0.05, 0.1) is 12.8 Å². The Labute approximate surface area is 139 Å². The van der Waals surface area contributed by atoms with E-state index in [2.05, 4.69) is 6.58 Å². The average molecular weight is 334 g/mol. The fourth-order valence-electron chi connectivity index (χ4n) is 1.58. The van der Waals surface area contributed by atoms with Crippen LogP contribution >= 0.6 is 0 Å². The van der Waals surface area contributed by atoms with Crippen LogP contribution < -0.4 is 4.74 Å². The lowest BCUT2D eigenvalue weighted by Gasteiger charge is -2.12. The Bertz CT molecular complexity index is 604. The molecule has 1 aromatic carbocycles. The Morgan fingerprint density at radius 2 is 1.75 bits per heavy atom. The van der Waals surface area contributed by atoms with Crippen LogP contribution in [-0.2, 0) is 23.9 Å². The van der Waals surface area contributed by atoms with Gasteiger partial charge in [0.25, 0.3) is 0 Å². The van der Waals surface area contributed by atoms with Crippen LogP contribution in [0, 0.1) is 0 Å². The van der Waals surface area contributed by atoms with Gasteiger partial charge in [-0.15, -0.1) is 0 Å². The maximum Gasteiger partial charge on any atom is 0.330 e. The number of aldehydes is 1. The summed E-state index contributed by atoms with van der Waals surface area (Å²) in [5, 5.41) is 0. The molecule has 0 heterocycles. The number of esters is 3. The second kappa shape index (κ2) is 9.94. The topological polar surface area (TPSA) is 96.0 Å². The SMILES string of the molecule is C=CC(=O)OCC(C)OC(=O)CCC(=O)Oc1ccc(C=O)cc1. The maximum atomic E-state index is 11.6. The summed E-state index contributed by atoms with van der Waals surface area (Å²) in [6.45, 7) is 4.71. The minimum Gasteiger partial charge on any atom is -0.459 e. The summed E-state index contributed by atoms with van der Waals surface area (Å²) in [6, 6.07) is 5.98. The molecule has 128 valence electrons. The summed E-state index contributed by atoms with van der Waals surface area (Å²) in [5.41, 5.74) is 0.463. The van der Waals surface area contributed by atoms with E-state index in [-0.39, 0.29) is 25.2 Å². The van der Waals surface area contributed by atoms with Gasteiger partial charge in [-0.1, -0.05) is 6.58 Å². The summed E-state index contributed by atoms with van der Waals surface area (Å²) in [6.07, 6.45) is 0.730. The van der Waals surface area contributed by atoms with Gasteiger partial charge in [-0.2, -0.15) is 0 Å². The second-order valence-corrected chi connectivity index (χ2v) is 4.80. The molecular formula is C17H18O7. The Hall–Kier alpha value is -2.96. The smallest absolute Gasteiger partial charge is 0.330 e. The highest BCUT2D eigenvalue weighted by molar-refractivity contribution is 5.81. The zero-order valence-electron chi connectivity index (χ0n) is 13.2. The minimum atomic E-state index is -0.631. The molecule has 1 unspecified atom stereocenters. The third-order valence-electron chi connectivity index (χ3n) is 2.74. The molecular weight excluding hydrogens is 316 g/mol. The lowest BCUT2D eigenvalue weighted by atomic mass is 10.2. The van der Waals surface area contributed by atoms with E-state index < -0.39 is 24.0 Å². The highest BCUT2D eigenvalue weighted by Crippen LogP contribution is 2.12. The largest absolute Gasteiger partial charge is 0.459 e. The standard InChI is InChI=1S/C17H18O7/c1-3-15(19)22-11-12(2)23-16(20)8-9-17(21)24-14-6-4-13(10-18)5-7-14/h3-7,10,12H,1,8-9,11H2,2H3. The van der Waals surface area contributed by atoms with Gasteiger partial charge in [0.2, 0.25) is 0 Å². The van der Waals surface area contributed by atoms with Crippen LogP contribution in [0.15, 0.2) is 36.9 Å². The first kappa shape index (κ1) is 19.1. The zero-order valence-corrected chi connectivity index (χ0v) is 13.2. The van der Waals surface area contributed by atoms with Crippen molar-refractivity contribution < 1.29 is 33.4 Å². The van der Waals surface area contributed by atoms with Crippen molar-refractivity contribution >= 4 is 24.2 Å². The van der Waals surface area contributed by atoms with E-state index >= 15 is 0 Å². The molecule has 0 aromatic heterocycles. The normalized spacial score (nSPS) is 11.0. The number of carbonyl (C=O) groups excluding carboxylic acids is 4. The number of benzene rings is 1. The Balaban J connectivity index is 2.29. The summed E-state index contributed by atoms with van der Waals surface area (Å²) in [4.78, 5) is 44.6. The molecule has 24 heavy (non-hydrogen) atoms. The molecule has 0 fully saturated rings. The van der Waals surface area contributed by atoms with Crippen molar-refractivity contribution in [1.82, 2.24) is 0 Å². The zero-order chi connectivity index (χ0) is 17.9. The Kier molecular flexibility index (Phi) is 7.90. The van der Waals surface area contributed by atoms with E-state index in [4.69, 9.17) is 14.2 Å². The predicted molar refractivity (Wildman–Crippen MR) is 83.4 cm³/mol. The van der Waals surface area contributed by atoms with Crippen molar-refractivity contribution in [1.29, 1.82) is 0 Å². The first-order chi connectivity index (χ1) is 11.4. The molecule has 0 N–H and O–H groups in total. The molecule has 0 aliphatic heterocycles. The third-order valence-corrected chi connectivity index (χ3v) is 2.74. The van der Waals surface area contributed by atoms with Crippen molar-refractivity contribution in [3.05, 3.63) is 42.5 Å². The van der Waals surface area contributed by atoms with Crippen molar-refractivity contribution in [2.45, 2.75) is 25.9 Å².